The SMILES string of the molecule is Cn1ncc(Br)c1C1(O)C2CCC1Cc1ccccc1C2. The Morgan fingerprint density at radius 3 is 2.24 bits per heavy atom. The zero-order chi connectivity index (χ0) is 14.6. The number of rotatable bonds is 1. The van der Waals surface area contributed by atoms with Crippen molar-refractivity contribution >= 4 is 15.9 Å². The van der Waals surface area contributed by atoms with Crippen LogP contribution in [0.1, 0.15) is 29.7 Å². The van der Waals surface area contributed by atoms with E-state index in [1.165, 1.54) is 11.1 Å². The number of benzene rings is 1. The van der Waals surface area contributed by atoms with Gasteiger partial charge in [-0.2, -0.15) is 5.10 Å². The quantitative estimate of drug-likeness (QED) is 0.860. The van der Waals surface area contributed by atoms with Crippen LogP contribution in [0.5, 0.6) is 0 Å². The molecule has 1 heterocycles. The van der Waals surface area contributed by atoms with Gasteiger partial charge in [-0.15, -0.1) is 0 Å². The van der Waals surface area contributed by atoms with Crippen molar-refractivity contribution in [3.8, 4) is 0 Å². The Hall–Kier alpha value is -1.13. The Kier molecular flexibility index (Phi) is 3.02. The Morgan fingerprint density at radius 2 is 1.76 bits per heavy atom. The van der Waals surface area contributed by atoms with Gasteiger partial charge in [0.25, 0.3) is 0 Å². The summed E-state index contributed by atoms with van der Waals surface area (Å²) in [7, 11) is 1.93. The maximum absolute atomic E-state index is 11.7. The first-order chi connectivity index (χ1) is 10.1. The van der Waals surface area contributed by atoms with Gasteiger partial charge in [-0.1, -0.05) is 24.3 Å². The minimum absolute atomic E-state index is 0.276. The molecule has 1 aromatic carbocycles. The molecule has 0 amide bonds. The molecule has 2 aliphatic carbocycles. The first-order valence-corrected chi connectivity index (χ1v) is 8.37. The third kappa shape index (κ3) is 1.85. The highest BCUT2D eigenvalue weighted by atomic mass is 79.9. The zero-order valence-electron chi connectivity index (χ0n) is 12.1. The molecule has 1 N–H and O–H groups in total. The van der Waals surface area contributed by atoms with E-state index in [0.29, 0.717) is 0 Å². The van der Waals surface area contributed by atoms with Crippen molar-refractivity contribution in [2.24, 2.45) is 18.9 Å². The molecule has 4 rings (SSSR count). The summed E-state index contributed by atoms with van der Waals surface area (Å²) >= 11 is 3.59. The van der Waals surface area contributed by atoms with E-state index in [1.807, 2.05) is 11.7 Å². The van der Waals surface area contributed by atoms with Crippen LogP contribution in [0.3, 0.4) is 0 Å². The Morgan fingerprint density at radius 1 is 1.19 bits per heavy atom. The molecule has 1 aromatic heterocycles. The summed E-state index contributed by atoms with van der Waals surface area (Å²) in [4.78, 5) is 0. The molecule has 2 aliphatic rings. The van der Waals surface area contributed by atoms with Crippen LogP contribution in [-0.4, -0.2) is 14.9 Å². The monoisotopic (exact) mass is 346 g/mol. The lowest BCUT2D eigenvalue weighted by Crippen LogP contribution is -2.39. The summed E-state index contributed by atoms with van der Waals surface area (Å²) in [5.74, 6) is 0.552. The smallest absolute Gasteiger partial charge is 0.113 e. The van der Waals surface area contributed by atoms with Gasteiger partial charge in [0.15, 0.2) is 0 Å². The summed E-state index contributed by atoms with van der Waals surface area (Å²) < 4.78 is 2.76. The maximum atomic E-state index is 11.7. The Labute approximate surface area is 133 Å². The summed E-state index contributed by atoms with van der Waals surface area (Å²) in [5, 5.41) is 16.0. The predicted octanol–water partition coefficient (Wildman–Crippen LogP) is 3.20. The second-order valence-corrected chi connectivity index (χ2v) is 7.29. The molecule has 2 bridgehead atoms. The molecule has 1 saturated carbocycles. The highest BCUT2D eigenvalue weighted by Gasteiger charge is 2.53. The van der Waals surface area contributed by atoms with Gasteiger partial charge in [0, 0.05) is 7.05 Å². The zero-order valence-corrected chi connectivity index (χ0v) is 13.7. The number of aliphatic hydroxyl groups is 1. The standard InChI is InChI=1S/C17H19BrN2O/c1-20-16(15(18)10-19-20)17(21)13-6-7-14(17)9-12-5-3-2-4-11(12)8-13/h2-5,10,13-14,21H,6-9H2,1H3. The molecule has 2 atom stereocenters. The molecule has 4 heteroatoms. The van der Waals surface area contributed by atoms with Gasteiger partial charge in [0.2, 0.25) is 0 Å². The fraction of sp³-hybridized carbons (Fsp3) is 0.471. The van der Waals surface area contributed by atoms with Crippen LogP contribution in [-0.2, 0) is 25.5 Å². The second-order valence-electron chi connectivity index (χ2n) is 6.44. The van der Waals surface area contributed by atoms with Crippen molar-refractivity contribution in [3.05, 3.63) is 51.8 Å². The van der Waals surface area contributed by atoms with Crippen molar-refractivity contribution in [1.82, 2.24) is 9.78 Å². The van der Waals surface area contributed by atoms with Gasteiger partial charge in [-0.25, -0.2) is 0 Å². The van der Waals surface area contributed by atoms with Crippen LogP contribution in [0, 0.1) is 11.8 Å². The van der Waals surface area contributed by atoms with E-state index in [9.17, 15) is 5.11 Å². The summed E-state index contributed by atoms with van der Waals surface area (Å²) in [5.41, 5.74) is 2.98. The number of aromatic nitrogens is 2. The number of aryl methyl sites for hydroxylation is 1. The summed E-state index contributed by atoms with van der Waals surface area (Å²) in [6.45, 7) is 0. The second kappa shape index (κ2) is 4.68. The normalized spacial score (nSPS) is 31.0. The number of nitrogens with zero attached hydrogens (tertiary/aromatic N) is 2. The first-order valence-electron chi connectivity index (χ1n) is 7.58. The van der Waals surface area contributed by atoms with Gasteiger partial charge in [0.1, 0.15) is 5.60 Å². The average Bonchev–Trinajstić information content (AvgIpc) is 2.89. The molecule has 0 radical (unpaired) electrons. The van der Waals surface area contributed by atoms with Crippen molar-refractivity contribution in [2.75, 3.05) is 0 Å². The highest BCUT2D eigenvalue weighted by Crippen LogP contribution is 2.53. The topological polar surface area (TPSA) is 38.0 Å². The third-order valence-corrected chi connectivity index (χ3v) is 6.01. The first kappa shape index (κ1) is 13.5. The van der Waals surface area contributed by atoms with Gasteiger partial charge in [-0.05, 0) is 64.6 Å². The lowest BCUT2D eigenvalue weighted by atomic mass is 9.79. The lowest BCUT2D eigenvalue weighted by Gasteiger charge is -2.34. The summed E-state index contributed by atoms with van der Waals surface area (Å²) in [6.07, 6.45) is 5.90. The van der Waals surface area contributed by atoms with Gasteiger partial charge in [0.05, 0.1) is 16.4 Å². The largest absolute Gasteiger partial charge is 0.383 e. The van der Waals surface area contributed by atoms with E-state index in [1.54, 1.807) is 6.20 Å². The van der Waals surface area contributed by atoms with Gasteiger partial charge >= 0.3 is 0 Å². The molecular weight excluding hydrogens is 328 g/mol. The van der Waals surface area contributed by atoms with Crippen LogP contribution < -0.4 is 0 Å². The third-order valence-electron chi connectivity index (χ3n) is 5.43. The summed E-state index contributed by atoms with van der Waals surface area (Å²) in [6, 6.07) is 8.65. The fourth-order valence-electron chi connectivity index (χ4n) is 4.43. The molecule has 3 nitrogen and oxygen atoms in total. The Balaban J connectivity index is 1.85. The van der Waals surface area contributed by atoms with Crippen LogP contribution >= 0.6 is 15.9 Å². The molecule has 0 aliphatic heterocycles. The fourth-order valence-corrected chi connectivity index (χ4v) is 5.09. The van der Waals surface area contributed by atoms with E-state index in [0.717, 1.165) is 35.8 Å². The minimum atomic E-state index is -0.775. The van der Waals surface area contributed by atoms with Crippen LogP contribution in [0.2, 0.25) is 0 Å². The van der Waals surface area contributed by atoms with E-state index in [2.05, 4.69) is 45.3 Å². The molecule has 0 saturated heterocycles. The van der Waals surface area contributed by atoms with E-state index in [4.69, 9.17) is 0 Å². The molecule has 2 aromatic rings. The molecule has 2 unspecified atom stereocenters. The average molecular weight is 347 g/mol. The van der Waals surface area contributed by atoms with Crippen molar-refractivity contribution in [3.63, 3.8) is 0 Å². The Bertz CT molecular complexity index is 641. The number of hydrogen-bond acceptors (Lipinski definition) is 2. The number of fused-ring (bicyclic) bond motifs is 3. The molecule has 21 heavy (non-hydrogen) atoms. The van der Waals surface area contributed by atoms with E-state index < -0.39 is 5.60 Å². The van der Waals surface area contributed by atoms with Crippen molar-refractivity contribution < 1.29 is 5.11 Å². The molecule has 0 spiro atoms. The molecule has 1 fully saturated rings. The van der Waals surface area contributed by atoms with E-state index >= 15 is 0 Å². The predicted molar refractivity (Wildman–Crippen MR) is 84.9 cm³/mol. The van der Waals surface area contributed by atoms with Crippen LogP contribution in [0.15, 0.2) is 34.9 Å². The number of halogens is 1. The number of hydrogen-bond donors (Lipinski definition) is 1. The van der Waals surface area contributed by atoms with E-state index in [-0.39, 0.29) is 11.8 Å². The van der Waals surface area contributed by atoms with Crippen LogP contribution in [0.4, 0.5) is 0 Å². The van der Waals surface area contributed by atoms with Gasteiger partial charge < -0.3 is 5.11 Å². The van der Waals surface area contributed by atoms with Crippen molar-refractivity contribution in [2.45, 2.75) is 31.3 Å². The maximum Gasteiger partial charge on any atom is 0.113 e. The van der Waals surface area contributed by atoms with Crippen molar-refractivity contribution in [1.29, 1.82) is 0 Å². The molecule has 110 valence electrons. The lowest BCUT2D eigenvalue weighted by molar-refractivity contribution is -0.0470. The van der Waals surface area contributed by atoms with Crippen LogP contribution in [0.25, 0.3) is 0 Å². The minimum Gasteiger partial charge on any atom is -0.383 e. The molecular formula is C17H19BrN2O. The highest BCUT2D eigenvalue weighted by molar-refractivity contribution is 9.10. The van der Waals surface area contributed by atoms with Gasteiger partial charge in [-0.3, -0.25) is 4.68 Å².